The molecule has 4 rings (SSSR count). The maximum atomic E-state index is 13.1. The number of hydrogen-bond acceptors (Lipinski definition) is 6. The molecule has 0 N–H and O–H groups in total. The molecule has 0 spiro atoms. The van der Waals surface area contributed by atoms with Gasteiger partial charge in [0.1, 0.15) is 17.4 Å². The predicted molar refractivity (Wildman–Crippen MR) is 124 cm³/mol. The summed E-state index contributed by atoms with van der Waals surface area (Å²) in [5, 5.41) is 0. The van der Waals surface area contributed by atoms with Crippen LogP contribution >= 0.6 is 11.6 Å². The highest BCUT2D eigenvalue weighted by Gasteiger charge is 2.35. The molecule has 0 unspecified atom stereocenters. The van der Waals surface area contributed by atoms with Gasteiger partial charge in [0.15, 0.2) is 0 Å². The molecule has 1 aromatic heterocycles. The molecule has 1 saturated heterocycles. The zero-order valence-corrected chi connectivity index (χ0v) is 19.8. The van der Waals surface area contributed by atoms with Crippen LogP contribution in [0.4, 0.5) is 5.82 Å². The predicted octanol–water partition coefficient (Wildman–Crippen LogP) is 3.06. The number of para-hydroxylation sites is 1. The number of carbonyl (C=O) groups excluding carboxylic acids is 1. The van der Waals surface area contributed by atoms with Gasteiger partial charge in [0.05, 0.1) is 38.0 Å². The molecule has 172 valence electrons. The number of ether oxygens (including phenoxy) is 2. The van der Waals surface area contributed by atoms with Gasteiger partial charge in [-0.3, -0.25) is 4.79 Å². The second kappa shape index (κ2) is 9.63. The van der Waals surface area contributed by atoms with E-state index in [9.17, 15) is 4.79 Å². The van der Waals surface area contributed by atoms with Crippen molar-refractivity contribution in [1.82, 2.24) is 14.9 Å². The number of methoxy groups -OCH3 is 1. The Balaban J connectivity index is 1.69. The third-order valence-corrected chi connectivity index (χ3v) is 6.80. The fourth-order valence-corrected chi connectivity index (χ4v) is 4.35. The number of carbonyl (C=O) groups is 1. The van der Waals surface area contributed by atoms with Crippen molar-refractivity contribution in [1.29, 1.82) is 0 Å². The number of benzene rings is 1. The molecule has 1 amide bonds. The SMILES string of the molecule is COc1ccccc1Cc1nc2c(c(N3CCOCC3)n1)CN(C(=O)C(C)(C)CCl)CC2. The van der Waals surface area contributed by atoms with E-state index in [1.54, 1.807) is 7.11 Å². The first-order chi connectivity index (χ1) is 15.4. The minimum Gasteiger partial charge on any atom is -0.496 e. The molecular formula is C24H31ClN4O3. The number of anilines is 1. The van der Waals surface area contributed by atoms with Gasteiger partial charge in [-0.1, -0.05) is 18.2 Å². The number of nitrogens with zero attached hydrogens (tertiary/aromatic N) is 4. The van der Waals surface area contributed by atoms with Crippen molar-refractivity contribution in [3.05, 3.63) is 46.9 Å². The summed E-state index contributed by atoms with van der Waals surface area (Å²) in [5.74, 6) is 2.89. The Kier molecular flexibility index (Phi) is 6.86. The first-order valence-electron chi connectivity index (χ1n) is 11.1. The van der Waals surface area contributed by atoms with Crippen molar-refractivity contribution in [3.63, 3.8) is 0 Å². The van der Waals surface area contributed by atoms with Gasteiger partial charge in [0.25, 0.3) is 0 Å². The number of fused-ring (bicyclic) bond motifs is 1. The summed E-state index contributed by atoms with van der Waals surface area (Å²) in [7, 11) is 1.68. The molecule has 0 aliphatic carbocycles. The monoisotopic (exact) mass is 458 g/mol. The third-order valence-electron chi connectivity index (χ3n) is 6.14. The van der Waals surface area contributed by atoms with E-state index < -0.39 is 5.41 Å². The molecule has 1 aromatic carbocycles. The average Bonchev–Trinajstić information content (AvgIpc) is 2.83. The number of hydrogen-bond donors (Lipinski definition) is 0. The number of aromatic nitrogens is 2. The van der Waals surface area contributed by atoms with Crippen LogP contribution in [0.1, 0.15) is 36.5 Å². The van der Waals surface area contributed by atoms with Crippen LogP contribution < -0.4 is 9.64 Å². The Morgan fingerprint density at radius 3 is 2.66 bits per heavy atom. The Labute approximate surface area is 194 Å². The summed E-state index contributed by atoms with van der Waals surface area (Å²) in [5.41, 5.74) is 2.53. The van der Waals surface area contributed by atoms with E-state index in [1.807, 2.05) is 43.0 Å². The lowest BCUT2D eigenvalue weighted by atomic mass is 9.92. The van der Waals surface area contributed by atoms with E-state index in [0.29, 0.717) is 45.0 Å². The van der Waals surface area contributed by atoms with Crippen LogP contribution in [0.15, 0.2) is 24.3 Å². The highest BCUT2D eigenvalue weighted by Crippen LogP contribution is 2.31. The van der Waals surface area contributed by atoms with Crippen LogP contribution in [-0.4, -0.2) is 66.6 Å². The summed E-state index contributed by atoms with van der Waals surface area (Å²) < 4.78 is 11.1. The van der Waals surface area contributed by atoms with E-state index in [0.717, 1.165) is 47.3 Å². The molecule has 32 heavy (non-hydrogen) atoms. The van der Waals surface area contributed by atoms with Crippen molar-refractivity contribution >= 4 is 23.3 Å². The molecule has 8 heteroatoms. The number of rotatable bonds is 6. The van der Waals surface area contributed by atoms with Crippen LogP contribution in [0.25, 0.3) is 0 Å². The van der Waals surface area contributed by atoms with Crippen molar-refractivity contribution < 1.29 is 14.3 Å². The largest absolute Gasteiger partial charge is 0.496 e. The highest BCUT2D eigenvalue weighted by molar-refractivity contribution is 6.19. The Morgan fingerprint density at radius 2 is 1.94 bits per heavy atom. The Morgan fingerprint density at radius 1 is 1.19 bits per heavy atom. The lowest BCUT2D eigenvalue weighted by Crippen LogP contribution is -2.46. The van der Waals surface area contributed by atoms with Gasteiger partial charge in [-0.05, 0) is 19.9 Å². The second-order valence-electron chi connectivity index (χ2n) is 8.97. The van der Waals surface area contributed by atoms with Crippen LogP contribution in [0.5, 0.6) is 5.75 Å². The zero-order chi connectivity index (χ0) is 22.7. The van der Waals surface area contributed by atoms with Gasteiger partial charge >= 0.3 is 0 Å². The standard InChI is InChI=1S/C24H31ClN4O3/c1-24(2,16-25)23(30)29-9-8-19-18(15-29)22(28-10-12-32-13-11-28)27-21(26-19)14-17-6-4-5-7-20(17)31-3/h4-7H,8-16H2,1-3H3. The van der Waals surface area contributed by atoms with E-state index >= 15 is 0 Å². The van der Waals surface area contributed by atoms with E-state index in [2.05, 4.69) is 4.90 Å². The van der Waals surface area contributed by atoms with E-state index in [1.165, 1.54) is 0 Å². The van der Waals surface area contributed by atoms with Crippen molar-refractivity contribution in [2.24, 2.45) is 5.41 Å². The lowest BCUT2D eigenvalue weighted by molar-refractivity contribution is -0.140. The minimum absolute atomic E-state index is 0.0733. The van der Waals surface area contributed by atoms with Crippen LogP contribution in [0.3, 0.4) is 0 Å². The van der Waals surface area contributed by atoms with Gasteiger partial charge in [0.2, 0.25) is 5.91 Å². The third kappa shape index (κ3) is 4.69. The molecule has 2 aromatic rings. The van der Waals surface area contributed by atoms with Crippen molar-refractivity contribution in [2.45, 2.75) is 33.2 Å². The maximum Gasteiger partial charge on any atom is 0.229 e. The van der Waals surface area contributed by atoms with Crippen LogP contribution in [0.2, 0.25) is 0 Å². The normalized spacial score (nSPS) is 16.6. The second-order valence-corrected chi connectivity index (χ2v) is 9.24. The van der Waals surface area contributed by atoms with Crippen LogP contribution in [-0.2, 0) is 28.9 Å². The minimum atomic E-state index is -0.594. The van der Waals surface area contributed by atoms with Crippen LogP contribution in [0, 0.1) is 5.41 Å². The number of halogens is 1. The first-order valence-corrected chi connectivity index (χ1v) is 11.6. The molecule has 2 aliphatic heterocycles. The van der Waals surface area contributed by atoms with Crippen molar-refractivity contribution in [2.75, 3.05) is 50.7 Å². The molecule has 0 radical (unpaired) electrons. The molecule has 7 nitrogen and oxygen atoms in total. The molecule has 0 bridgehead atoms. The molecule has 3 heterocycles. The fourth-order valence-electron chi connectivity index (χ4n) is 4.24. The number of amides is 1. The molecular weight excluding hydrogens is 428 g/mol. The topological polar surface area (TPSA) is 67.8 Å². The highest BCUT2D eigenvalue weighted by atomic mass is 35.5. The maximum absolute atomic E-state index is 13.1. The number of alkyl halides is 1. The Hall–Kier alpha value is -2.38. The zero-order valence-electron chi connectivity index (χ0n) is 19.1. The van der Waals surface area contributed by atoms with E-state index in [4.69, 9.17) is 31.0 Å². The summed E-state index contributed by atoms with van der Waals surface area (Å²) >= 11 is 6.08. The number of morpholine rings is 1. The van der Waals surface area contributed by atoms with Gasteiger partial charge in [-0.15, -0.1) is 11.6 Å². The van der Waals surface area contributed by atoms with Gasteiger partial charge in [-0.25, -0.2) is 9.97 Å². The smallest absolute Gasteiger partial charge is 0.229 e. The molecule has 1 fully saturated rings. The summed E-state index contributed by atoms with van der Waals surface area (Å²) in [6, 6.07) is 7.97. The molecule has 2 aliphatic rings. The quantitative estimate of drug-likeness (QED) is 0.620. The summed E-state index contributed by atoms with van der Waals surface area (Å²) in [4.78, 5) is 27.2. The summed E-state index contributed by atoms with van der Waals surface area (Å²) in [6.45, 7) is 7.83. The molecule has 0 atom stereocenters. The fraction of sp³-hybridized carbons (Fsp3) is 0.542. The van der Waals surface area contributed by atoms with E-state index in [-0.39, 0.29) is 5.91 Å². The lowest BCUT2D eigenvalue weighted by Gasteiger charge is -2.37. The van der Waals surface area contributed by atoms with Gasteiger partial charge in [-0.2, -0.15) is 0 Å². The Bertz CT molecular complexity index is 976. The summed E-state index contributed by atoms with van der Waals surface area (Å²) in [6.07, 6.45) is 1.30. The van der Waals surface area contributed by atoms with Crippen molar-refractivity contribution in [3.8, 4) is 5.75 Å². The molecule has 0 saturated carbocycles. The average molecular weight is 459 g/mol. The van der Waals surface area contributed by atoms with Gasteiger partial charge < -0.3 is 19.3 Å². The first kappa shape index (κ1) is 22.8. The van der Waals surface area contributed by atoms with Gasteiger partial charge in [0, 0.05) is 49.5 Å².